The molecule has 22 heavy (non-hydrogen) atoms. The van der Waals surface area contributed by atoms with E-state index in [0.717, 1.165) is 17.7 Å². The molecule has 0 bridgehead atoms. The molecular formula is C19H28O3. The van der Waals surface area contributed by atoms with Gasteiger partial charge in [0, 0.05) is 6.08 Å². The van der Waals surface area contributed by atoms with Gasteiger partial charge in [-0.05, 0) is 42.0 Å². The van der Waals surface area contributed by atoms with Gasteiger partial charge in [0.25, 0.3) is 0 Å². The molecule has 0 aliphatic rings. The van der Waals surface area contributed by atoms with Crippen molar-refractivity contribution in [3.8, 4) is 5.75 Å². The van der Waals surface area contributed by atoms with Gasteiger partial charge in [0.1, 0.15) is 5.75 Å². The first-order valence-corrected chi connectivity index (χ1v) is 8.05. The Kier molecular flexibility index (Phi) is 8.34. The van der Waals surface area contributed by atoms with Crippen molar-refractivity contribution in [3.05, 3.63) is 35.9 Å². The van der Waals surface area contributed by atoms with Crippen LogP contribution in [0.15, 0.2) is 30.3 Å². The van der Waals surface area contributed by atoms with E-state index in [1.807, 2.05) is 24.3 Å². The molecule has 0 aromatic heterocycles. The highest BCUT2D eigenvalue weighted by atomic mass is 16.5. The number of methoxy groups -OCH3 is 1. The van der Waals surface area contributed by atoms with E-state index < -0.39 is 0 Å². The van der Waals surface area contributed by atoms with Gasteiger partial charge < -0.3 is 9.47 Å². The van der Waals surface area contributed by atoms with E-state index in [1.165, 1.54) is 18.9 Å². The quantitative estimate of drug-likeness (QED) is 0.489. The number of hydrogen-bond donors (Lipinski definition) is 0. The SMILES string of the molecule is CCCCC(COC(=O)C=Cc1ccc(OC)cc1)C(C)C. The zero-order valence-corrected chi connectivity index (χ0v) is 14.2. The molecule has 3 nitrogen and oxygen atoms in total. The van der Waals surface area contributed by atoms with Crippen LogP contribution >= 0.6 is 0 Å². The summed E-state index contributed by atoms with van der Waals surface area (Å²) in [4.78, 5) is 11.8. The van der Waals surface area contributed by atoms with E-state index in [9.17, 15) is 4.79 Å². The number of rotatable bonds is 9. The number of ether oxygens (including phenoxy) is 2. The number of esters is 1. The molecular weight excluding hydrogens is 276 g/mol. The minimum atomic E-state index is -0.280. The van der Waals surface area contributed by atoms with Crippen LogP contribution < -0.4 is 4.74 Å². The Morgan fingerprint density at radius 3 is 2.45 bits per heavy atom. The van der Waals surface area contributed by atoms with Crippen molar-refractivity contribution in [1.82, 2.24) is 0 Å². The van der Waals surface area contributed by atoms with Crippen molar-refractivity contribution in [3.63, 3.8) is 0 Å². The normalized spacial score (nSPS) is 12.6. The van der Waals surface area contributed by atoms with Gasteiger partial charge in [0.2, 0.25) is 0 Å². The van der Waals surface area contributed by atoms with Gasteiger partial charge in [-0.3, -0.25) is 0 Å². The van der Waals surface area contributed by atoms with Crippen LogP contribution in [0.25, 0.3) is 6.08 Å². The van der Waals surface area contributed by atoms with E-state index in [-0.39, 0.29) is 5.97 Å². The van der Waals surface area contributed by atoms with Gasteiger partial charge in [-0.25, -0.2) is 4.79 Å². The highest BCUT2D eigenvalue weighted by Crippen LogP contribution is 2.19. The molecule has 0 aliphatic carbocycles. The van der Waals surface area contributed by atoms with Crippen molar-refractivity contribution >= 4 is 12.0 Å². The van der Waals surface area contributed by atoms with Gasteiger partial charge in [-0.2, -0.15) is 0 Å². The maximum Gasteiger partial charge on any atom is 0.330 e. The second kappa shape index (κ2) is 10.0. The zero-order valence-electron chi connectivity index (χ0n) is 14.2. The Morgan fingerprint density at radius 2 is 1.91 bits per heavy atom. The van der Waals surface area contributed by atoms with Crippen molar-refractivity contribution in [2.45, 2.75) is 40.0 Å². The summed E-state index contributed by atoms with van der Waals surface area (Å²) in [6.07, 6.45) is 6.72. The lowest BCUT2D eigenvalue weighted by Gasteiger charge is -2.19. The van der Waals surface area contributed by atoms with Crippen molar-refractivity contribution in [2.24, 2.45) is 11.8 Å². The fourth-order valence-corrected chi connectivity index (χ4v) is 2.19. The average Bonchev–Trinajstić information content (AvgIpc) is 2.53. The lowest BCUT2D eigenvalue weighted by Crippen LogP contribution is -2.18. The fraction of sp³-hybridized carbons (Fsp3) is 0.526. The first-order valence-electron chi connectivity index (χ1n) is 8.05. The van der Waals surface area contributed by atoms with Crippen LogP contribution in [-0.4, -0.2) is 19.7 Å². The average molecular weight is 304 g/mol. The van der Waals surface area contributed by atoms with Gasteiger partial charge in [0.15, 0.2) is 0 Å². The minimum Gasteiger partial charge on any atom is -0.497 e. The molecule has 0 saturated carbocycles. The molecule has 0 N–H and O–H groups in total. The molecule has 1 aromatic carbocycles. The Bertz CT molecular complexity index is 460. The summed E-state index contributed by atoms with van der Waals surface area (Å²) in [6.45, 7) is 7.05. The lowest BCUT2D eigenvalue weighted by atomic mass is 9.91. The summed E-state index contributed by atoms with van der Waals surface area (Å²) in [6, 6.07) is 7.54. The molecule has 0 saturated heterocycles. The van der Waals surface area contributed by atoms with E-state index >= 15 is 0 Å². The first-order chi connectivity index (χ1) is 10.6. The molecule has 0 amide bonds. The van der Waals surface area contributed by atoms with Crippen LogP contribution in [0.2, 0.25) is 0 Å². The largest absolute Gasteiger partial charge is 0.497 e. The molecule has 3 heteroatoms. The maximum absolute atomic E-state index is 11.8. The maximum atomic E-state index is 11.8. The molecule has 0 fully saturated rings. The molecule has 0 heterocycles. The summed E-state index contributed by atoms with van der Waals surface area (Å²) in [5.74, 6) is 1.50. The summed E-state index contributed by atoms with van der Waals surface area (Å²) in [7, 11) is 1.63. The van der Waals surface area contributed by atoms with Crippen LogP contribution in [0, 0.1) is 11.8 Å². The number of unbranched alkanes of at least 4 members (excludes halogenated alkanes) is 1. The van der Waals surface area contributed by atoms with Crippen LogP contribution in [0.4, 0.5) is 0 Å². The Hall–Kier alpha value is -1.77. The molecule has 0 spiro atoms. The second-order valence-corrected chi connectivity index (χ2v) is 5.88. The number of carbonyl (C=O) groups is 1. The monoisotopic (exact) mass is 304 g/mol. The predicted molar refractivity (Wildman–Crippen MR) is 90.8 cm³/mol. The summed E-state index contributed by atoms with van der Waals surface area (Å²) < 4.78 is 10.5. The summed E-state index contributed by atoms with van der Waals surface area (Å²) in [5.41, 5.74) is 0.948. The summed E-state index contributed by atoms with van der Waals surface area (Å²) in [5, 5.41) is 0. The second-order valence-electron chi connectivity index (χ2n) is 5.88. The van der Waals surface area contributed by atoms with Crippen LogP contribution in [0.3, 0.4) is 0 Å². The van der Waals surface area contributed by atoms with Crippen molar-refractivity contribution < 1.29 is 14.3 Å². The van der Waals surface area contributed by atoms with E-state index in [1.54, 1.807) is 13.2 Å². The third-order valence-corrected chi connectivity index (χ3v) is 3.84. The minimum absolute atomic E-state index is 0.280. The molecule has 0 aliphatic heterocycles. The molecule has 1 atom stereocenters. The predicted octanol–water partition coefficient (Wildman–Crippen LogP) is 4.71. The van der Waals surface area contributed by atoms with E-state index in [2.05, 4.69) is 20.8 Å². The number of carbonyl (C=O) groups excluding carboxylic acids is 1. The molecule has 1 unspecified atom stereocenters. The van der Waals surface area contributed by atoms with Crippen LogP contribution in [0.5, 0.6) is 5.75 Å². The standard InChI is InChI=1S/C19H28O3/c1-5-6-7-17(15(2)3)14-22-19(20)13-10-16-8-11-18(21-4)12-9-16/h8-13,15,17H,5-7,14H2,1-4H3. The molecule has 1 aromatic rings. The lowest BCUT2D eigenvalue weighted by molar-refractivity contribution is -0.139. The Balaban J connectivity index is 2.45. The van der Waals surface area contributed by atoms with Gasteiger partial charge in [0.05, 0.1) is 13.7 Å². The summed E-state index contributed by atoms with van der Waals surface area (Å²) >= 11 is 0. The van der Waals surface area contributed by atoms with Gasteiger partial charge >= 0.3 is 5.97 Å². The Labute approximate surface area is 134 Å². The highest BCUT2D eigenvalue weighted by Gasteiger charge is 2.14. The zero-order chi connectivity index (χ0) is 16.4. The van der Waals surface area contributed by atoms with Crippen LogP contribution in [0.1, 0.15) is 45.6 Å². The van der Waals surface area contributed by atoms with Crippen molar-refractivity contribution in [1.29, 1.82) is 0 Å². The van der Waals surface area contributed by atoms with E-state index in [4.69, 9.17) is 9.47 Å². The Morgan fingerprint density at radius 1 is 1.23 bits per heavy atom. The van der Waals surface area contributed by atoms with Gasteiger partial charge in [-0.15, -0.1) is 0 Å². The smallest absolute Gasteiger partial charge is 0.330 e. The van der Waals surface area contributed by atoms with Crippen LogP contribution in [-0.2, 0) is 9.53 Å². The molecule has 0 radical (unpaired) electrons. The highest BCUT2D eigenvalue weighted by molar-refractivity contribution is 5.87. The molecule has 1 rings (SSSR count). The first kappa shape index (κ1) is 18.3. The third kappa shape index (κ3) is 6.79. The van der Waals surface area contributed by atoms with Gasteiger partial charge in [-0.1, -0.05) is 45.7 Å². The topological polar surface area (TPSA) is 35.5 Å². The molecule has 122 valence electrons. The van der Waals surface area contributed by atoms with Crippen molar-refractivity contribution in [2.75, 3.05) is 13.7 Å². The third-order valence-electron chi connectivity index (χ3n) is 3.84. The van der Waals surface area contributed by atoms with E-state index in [0.29, 0.717) is 18.4 Å². The fourth-order valence-electron chi connectivity index (χ4n) is 2.19. The number of benzene rings is 1. The number of hydrogen-bond acceptors (Lipinski definition) is 3.